The largest absolute Gasteiger partial charge is 0.354 e. The van der Waals surface area contributed by atoms with E-state index in [1.807, 2.05) is 165 Å². The zero-order valence-electron chi connectivity index (χ0n) is 36.3. The third-order valence-electron chi connectivity index (χ3n) is 12.3. The van der Waals surface area contributed by atoms with Crippen molar-refractivity contribution in [2.45, 2.75) is 0 Å². The van der Waals surface area contributed by atoms with Crippen LogP contribution in [0.3, 0.4) is 0 Å². The minimum absolute atomic E-state index is 0.778. The molecule has 322 valence electrons. The Balaban J connectivity index is 1.12. The molecule has 9 heterocycles. The first-order valence-corrected chi connectivity index (χ1v) is 22.2. The molecule has 68 heavy (non-hydrogen) atoms. The lowest BCUT2D eigenvalue weighted by Gasteiger charge is -2.04. The molecule has 0 saturated heterocycles. The van der Waals surface area contributed by atoms with Crippen molar-refractivity contribution in [2.24, 2.45) is 0 Å². The fourth-order valence-corrected chi connectivity index (χ4v) is 9.12. The van der Waals surface area contributed by atoms with Crippen molar-refractivity contribution in [3.8, 4) is 67.3 Å². The van der Waals surface area contributed by atoms with Gasteiger partial charge in [0.25, 0.3) is 0 Å². The fourth-order valence-electron chi connectivity index (χ4n) is 9.12. The number of benzene rings is 4. The Bertz CT molecular complexity index is 3400. The molecule has 0 atom stereocenters. The summed E-state index contributed by atoms with van der Waals surface area (Å²) in [6, 6.07) is 49.0. The van der Waals surface area contributed by atoms with E-state index in [2.05, 4.69) is 83.3 Å². The Morgan fingerprint density at radius 1 is 0.279 bits per heavy atom. The average molecular weight is 879 g/mol. The lowest BCUT2D eigenvalue weighted by atomic mass is 10.1. The standard InChI is InChI=1S/C56H38N12/c1-5-13-41(14-6-1)65-33-37(29-57-65)53-45-21-23-47(61-45)54(38-30-58-66(34-38)42-15-7-2-8-16-42)49-25-27-51(63-49)56(40-32-60-68(36-40)44-19-11-4-12-20-44)52-28-26-50(64-52)55(48-24-22-46(53)62-48)39-31-59-67(35-39)43-17-9-3-10-18-43/h1-36,61,64H. The van der Waals surface area contributed by atoms with E-state index in [9.17, 15) is 0 Å². The van der Waals surface area contributed by atoms with Crippen molar-refractivity contribution in [3.05, 3.63) is 218 Å². The molecule has 0 saturated carbocycles. The van der Waals surface area contributed by atoms with E-state index in [1.54, 1.807) is 0 Å². The molecular weight excluding hydrogens is 841 g/mol. The van der Waals surface area contributed by atoms with Crippen LogP contribution in [0.2, 0.25) is 0 Å². The predicted molar refractivity (Wildman–Crippen MR) is 269 cm³/mol. The first kappa shape index (κ1) is 38.8. The lowest BCUT2D eigenvalue weighted by Crippen LogP contribution is -1.93. The maximum atomic E-state index is 5.49. The molecule has 13 rings (SSSR count). The first-order valence-electron chi connectivity index (χ1n) is 22.2. The van der Waals surface area contributed by atoms with Gasteiger partial charge in [-0.05, 0) is 97.1 Å². The van der Waals surface area contributed by atoms with Gasteiger partial charge in [0.2, 0.25) is 0 Å². The molecule has 12 heteroatoms. The van der Waals surface area contributed by atoms with Gasteiger partial charge in [0.1, 0.15) is 0 Å². The maximum absolute atomic E-state index is 5.49. The molecule has 0 spiro atoms. The van der Waals surface area contributed by atoms with Crippen LogP contribution in [0, 0.1) is 0 Å². The van der Waals surface area contributed by atoms with Gasteiger partial charge in [-0.25, -0.2) is 28.7 Å². The zero-order chi connectivity index (χ0) is 45.0. The summed E-state index contributed by atoms with van der Waals surface area (Å²) in [5.41, 5.74) is 17.6. The first-order chi connectivity index (χ1) is 33.7. The van der Waals surface area contributed by atoms with Crippen LogP contribution in [0.25, 0.3) is 114 Å². The fraction of sp³-hybridized carbons (Fsp3) is 0. The van der Waals surface area contributed by atoms with Gasteiger partial charge in [-0.1, -0.05) is 72.8 Å². The number of hydrogen-bond acceptors (Lipinski definition) is 6. The van der Waals surface area contributed by atoms with E-state index < -0.39 is 0 Å². The summed E-state index contributed by atoms with van der Waals surface area (Å²) >= 11 is 0. The van der Waals surface area contributed by atoms with Crippen LogP contribution in [0.15, 0.2) is 195 Å². The van der Waals surface area contributed by atoms with Crippen LogP contribution >= 0.6 is 0 Å². The number of fused-ring (bicyclic) bond motifs is 8. The van der Waals surface area contributed by atoms with Crippen LogP contribution < -0.4 is 0 Å². The predicted octanol–water partition coefficient (Wildman–Crippen LogP) is 12.1. The summed E-state index contributed by atoms with van der Waals surface area (Å²) in [7, 11) is 0. The van der Waals surface area contributed by atoms with Crippen molar-refractivity contribution < 1.29 is 0 Å². The van der Waals surface area contributed by atoms with Crippen molar-refractivity contribution in [1.82, 2.24) is 59.1 Å². The molecule has 11 aromatic rings. The van der Waals surface area contributed by atoms with E-state index in [4.69, 9.17) is 30.4 Å². The third kappa shape index (κ3) is 6.88. The highest BCUT2D eigenvalue weighted by Gasteiger charge is 2.21. The van der Waals surface area contributed by atoms with E-state index in [0.29, 0.717) is 0 Å². The Morgan fingerprint density at radius 3 is 0.750 bits per heavy atom. The quantitative estimate of drug-likeness (QED) is 0.156. The maximum Gasteiger partial charge on any atom is 0.0738 e. The Labute approximate surface area is 389 Å². The Hall–Kier alpha value is -9.68. The average Bonchev–Trinajstić information content (AvgIpc) is 4.24. The SMILES string of the molecule is C1=Cc2nc1c(-c1cnn(-c3ccccc3)c1)c1ccc([nH]1)c(-c1cnn(-c3ccccc3)c1)c1nc(c(-c3cnn(-c4ccccc4)c3)c3ccc([nH]3)c2-c2cnn(-c3ccccc3)c2)C=C1. The number of aromatic amines is 2. The van der Waals surface area contributed by atoms with Gasteiger partial charge < -0.3 is 9.97 Å². The highest BCUT2D eigenvalue weighted by atomic mass is 15.3. The van der Waals surface area contributed by atoms with Crippen LogP contribution in [-0.2, 0) is 0 Å². The third-order valence-corrected chi connectivity index (χ3v) is 12.3. The summed E-state index contributed by atoms with van der Waals surface area (Å²) < 4.78 is 7.59. The summed E-state index contributed by atoms with van der Waals surface area (Å²) in [5.74, 6) is 0. The highest BCUT2D eigenvalue weighted by molar-refractivity contribution is 5.99. The van der Waals surface area contributed by atoms with Gasteiger partial charge in [-0.2, -0.15) is 20.4 Å². The molecule has 0 aliphatic carbocycles. The Morgan fingerprint density at radius 2 is 0.515 bits per heavy atom. The molecule has 4 aromatic carbocycles. The second kappa shape index (κ2) is 16.1. The minimum atomic E-state index is 0.778. The van der Waals surface area contributed by atoms with Crippen molar-refractivity contribution in [2.75, 3.05) is 0 Å². The number of H-pyrrole nitrogens is 2. The number of nitrogens with zero attached hydrogens (tertiary/aromatic N) is 10. The summed E-state index contributed by atoms with van der Waals surface area (Å²) in [6.45, 7) is 0. The second-order valence-corrected chi connectivity index (χ2v) is 16.5. The summed E-state index contributed by atoms with van der Waals surface area (Å²) in [4.78, 5) is 18.7. The topological polar surface area (TPSA) is 129 Å². The van der Waals surface area contributed by atoms with Crippen molar-refractivity contribution in [1.29, 1.82) is 0 Å². The number of para-hydroxylation sites is 4. The number of aromatic nitrogens is 12. The summed E-state index contributed by atoms with van der Waals surface area (Å²) in [6.07, 6.45) is 24.2. The molecule has 0 fully saturated rings. The van der Waals surface area contributed by atoms with E-state index in [1.165, 1.54) is 0 Å². The smallest absolute Gasteiger partial charge is 0.0738 e. The highest BCUT2D eigenvalue weighted by Crippen LogP contribution is 2.39. The number of rotatable bonds is 8. The van der Waals surface area contributed by atoms with Gasteiger partial charge in [0.15, 0.2) is 0 Å². The van der Waals surface area contributed by atoms with Gasteiger partial charge in [0.05, 0.1) is 70.3 Å². The monoisotopic (exact) mass is 878 g/mol. The molecule has 0 unspecified atom stereocenters. The molecular formula is C56H38N12. The van der Waals surface area contributed by atoms with Crippen molar-refractivity contribution in [3.63, 3.8) is 0 Å². The molecule has 7 aromatic heterocycles. The van der Waals surface area contributed by atoms with Crippen LogP contribution in [-0.4, -0.2) is 59.1 Å². The zero-order valence-corrected chi connectivity index (χ0v) is 36.3. The number of nitrogens with one attached hydrogen (secondary N) is 2. The second-order valence-electron chi connectivity index (χ2n) is 16.5. The van der Waals surface area contributed by atoms with Gasteiger partial charge in [0, 0.05) is 91.4 Å². The number of hydrogen-bond donors (Lipinski definition) is 2. The molecule has 0 radical (unpaired) electrons. The van der Waals surface area contributed by atoms with Crippen LogP contribution in [0.4, 0.5) is 0 Å². The summed E-state index contributed by atoms with van der Waals surface area (Å²) in [5, 5.41) is 19.4. The van der Waals surface area contributed by atoms with Gasteiger partial charge in [-0.3, -0.25) is 0 Å². The normalized spacial score (nSPS) is 12.0. The van der Waals surface area contributed by atoms with Gasteiger partial charge >= 0.3 is 0 Å². The molecule has 2 aliphatic rings. The molecule has 12 nitrogen and oxygen atoms in total. The van der Waals surface area contributed by atoms with Crippen molar-refractivity contribution >= 4 is 46.4 Å². The lowest BCUT2D eigenvalue weighted by molar-refractivity contribution is 0.881. The Kier molecular flexibility index (Phi) is 9.17. The molecule has 2 aliphatic heterocycles. The van der Waals surface area contributed by atoms with E-state index in [-0.39, 0.29) is 0 Å². The van der Waals surface area contributed by atoms with Gasteiger partial charge in [-0.15, -0.1) is 0 Å². The van der Waals surface area contributed by atoms with Crippen LogP contribution in [0.5, 0.6) is 0 Å². The molecule has 8 bridgehead atoms. The van der Waals surface area contributed by atoms with E-state index >= 15 is 0 Å². The van der Waals surface area contributed by atoms with Crippen LogP contribution in [0.1, 0.15) is 22.8 Å². The minimum Gasteiger partial charge on any atom is -0.354 e. The molecule has 2 N–H and O–H groups in total. The van der Waals surface area contributed by atoms with E-state index in [0.717, 1.165) is 112 Å². The molecule has 0 amide bonds.